The van der Waals surface area contributed by atoms with Crippen molar-refractivity contribution in [1.29, 1.82) is 0 Å². The topological polar surface area (TPSA) is 47.6 Å². The number of benzene rings is 1. The van der Waals surface area contributed by atoms with Crippen LogP contribution in [0.5, 0.6) is 5.75 Å². The highest BCUT2D eigenvalue weighted by molar-refractivity contribution is 5.97. The third-order valence-electron chi connectivity index (χ3n) is 4.87. The van der Waals surface area contributed by atoms with Crippen LogP contribution in [0.25, 0.3) is 0 Å². The number of hydrogen-bond acceptors (Lipinski definition) is 3. The van der Waals surface area contributed by atoms with Crippen LogP contribution in [0.15, 0.2) is 12.1 Å². The van der Waals surface area contributed by atoms with Gasteiger partial charge in [0.2, 0.25) is 0 Å². The Balaban J connectivity index is 2.21. The summed E-state index contributed by atoms with van der Waals surface area (Å²) in [4.78, 5) is 13.1. The number of ether oxygens (including phenoxy) is 2. The lowest BCUT2D eigenvalue weighted by atomic mass is 9.78. The lowest BCUT2D eigenvalue weighted by Crippen LogP contribution is -2.48. The molecular weight excluding hydrogens is 302 g/mol. The van der Waals surface area contributed by atoms with Crippen LogP contribution < -0.4 is 10.1 Å². The van der Waals surface area contributed by atoms with Crippen LogP contribution in [-0.2, 0) is 9.53 Å². The molecule has 4 nitrogen and oxygen atoms in total. The number of carbonyl (C=O) groups excluding carboxylic acids is 1. The van der Waals surface area contributed by atoms with Crippen molar-refractivity contribution in [3.05, 3.63) is 23.3 Å². The van der Waals surface area contributed by atoms with Crippen LogP contribution in [0.1, 0.15) is 57.1 Å². The Bertz CT molecular complexity index is 561. The average molecular weight is 333 g/mol. The van der Waals surface area contributed by atoms with Gasteiger partial charge in [-0.1, -0.05) is 20.3 Å². The predicted octanol–water partition coefficient (Wildman–Crippen LogP) is 4.63. The molecule has 4 heteroatoms. The van der Waals surface area contributed by atoms with E-state index in [0.29, 0.717) is 12.5 Å². The van der Waals surface area contributed by atoms with Gasteiger partial charge in [0.25, 0.3) is 5.91 Å². The average Bonchev–Trinajstić information content (AvgIpc) is 2.52. The zero-order chi connectivity index (χ0) is 17.7. The van der Waals surface area contributed by atoms with E-state index in [1.165, 1.54) is 6.42 Å². The number of anilines is 1. The third kappa shape index (κ3) is 4.10. The van der Waals surface area contributed by atoms with Gasteiger partial charge in [0, 0.05) is 12.3 Å². The Morgan fingerprint density at radius 3 is 2.54 bits per heavy atom. The molecule has 0 aromatic heterocycles. The van der Waals surface area contributed by atoms with Gasteiger partial charge in [-0.2, -0.15) is 0 Å². The molecule has 1 aliphatic rings. The highest BCUT2D eigenvalue weighted by Gasteiger charge is 2.42. The van der Waals surface area contributed by atoms with E-state index in [9.17, 15) is 4.79 Å². The Morgan fingerprint density at radius 1 is 1.33 bits per heavy atom. The Hall–Kier alpha value is -1.55. The lowest BCUT2D eigenvalue weighted by molar-refractivity contribution is -0.148. The summed E-state index contributed by atoms with van der Waals surface area (Å²) in [5.41, 5.74) is 2.17. The molecule has 0 radical (unpaired) electrons. The minimum Gasteiger partial charge on any atom is -0.496 e. The summed E-state index contributed by atoms with van der Waals surface area (Å²) in [6.07, 6.45) is 4.73. The summed E-state index contributed by atoms with van der Waals surface area (Å²) < 4.78 is 11.5. The number of carbonyl (C=O) groups is 1. The van der Waals surface area contributed by atoms with E-state index in [0.717, 1.165) is 48.2 Å². The molecule has 0 unspecified atom stereocenters. The molecule has 134 valence electrons. The van der Waals surface area contributed by atoms with Gasteiger partial charge < -0.3 is 14.8 Å². The second-order valence-electron chi connectivity index (χ2n) is 7.14. The van der Waals surface area contributed by atoms with Crippen molar-refractivity contribution in [2.75, 3.05) is 19.0 Å². The first-order valence-electron chi connectivity index (χ1n) is 9.02. The van der Waals surface area contributed by atoms with Crippen LogP contribution in [0.4, 0.5) is 5.69 Å². The van der Waals surface area contributed by atoms with Gasteiger partial charge in [0.1, 0.15) is 11.4 Å². The third-order valence-corrected chi connectivity index (χ3v) is 4.87. The van der Waals surface area contributed by atoms with E-state index in [4.69, 9.17) is 9.47 Å². The summed E-state index contributed by atoms with van der Waals surface area (Å²) in [5.74, 6) is 1.38. The molecule has 1 saturated carbocycles. The molecule has 1 amide bonds. The van der Waals surface area contributed by atoms with Gasteiger partial charge in [-0.15, -0.1) is 0 Å². The number of rotatable bonds is 6. The normalized spacial score (nSPS) is 23.8. The number of amides is 1. The summed E-state index contributed by atoms with van der Waals surface area (Å²) in [5, 5.41) is 3.10. The highest BCUT2D eigenvalue weighted by atomic mass is 16.5. The first-order chi connectivity index (χ1) is 11.4. The Morgan fingerprint density at radius 2 is 2.00 bits per heavy atom. The lowest BCUT2D eigenvalue weighted by Gasteiger charge is -2.38. The molecule has 24 heavy (non-hydrogen) atoms. The van der Waals surface area contributed by atoms with Crippen molar-refractivity contribution in [3.8, 4) is 5.75 Å². The second kappa shape index (κ2) is 8.02. The quantitative estimate of drug-likeness (QED) is 0.826. The molecule has 1 aliphatic carbocycles. The molecule has 0 spiro atoms. The van der Waals surface area contributed by atoms with Gasteiger partial charge in [0.05, 0.1) is 7.11 Å². The fourth-order valence-electron chi connectivity index (χ4n) is 3.79. The van der Waals surface area contributed by atoms with E-state index >= 15 is 0 Å². The summed E-state index contributed by atoms with van der Waals surface area (Å²) in [7, 11) is 1.67. The van der Waals surface area contributed by atoms with Crippen LogP contribution >= 0.6 is 0 Å². The van der Waals surface area contributed by atoms with E-state index in [1.807, 2.05) is 26.0 Å². The zero-order valence-electron chi connectivity index (χ0n) is 15.7. The SMILES string of the molecule is CCCO[C@@]1(C(=O)Nc2cc(C)c(OC)c(C)c2)CCC[C@H](C)C1. The molecule has 0 saturated heterocycles. The summed E-state index contributed by atoms with van der Waals surface area (Å²) >= 11 is 0. The molecule has 1 aromatic carbocycles. The molecule has 0 heterocycles. The van der Waals surface area contributed by atoms with E-state index in [-0.39, 0.29) is 5.91 Å². The maximum Gasteiger partial charge on any atom is 0.256 e. The number of nitrogens with one attached hydrogen (secondary N) is 1. The van der Waals surface area contributed by atoms with E-state index < -0.39 is 5.60 Å². The number of hydrogen-bond donors (Lipinski definition) is 1. The smallest absolute Gasteiger partial charge is 0.256 e. The van der Waals surface area contributed by atoms with Crippen molar-refractivity contribution in [2.45, 2.75) is 65.4 Å². The van der Waals surface area contributed by atoms with Crippen molar-refractivity contribution in [2.24, 2.45) is 5.92 Å². The van der Waals surface area contributed by atoms with Gasteiger partial charge in [-0.3, -0.25) is 4.79 Å². The van der Waals surface area contributed by atoms with Crippen LogP contribution in [-0.4, -0.2) is 25.2 Å². The maximum atomic E-state index is 13.1. The molecule has 1 aromatic rings. The van der Waals surface area contributed by atoms with Crippen molar-refractivity contribution < 1.29 is 14.3 Å². The molecule has 2 rings (SSSR count). The summed E-state index contributed by atoms with van der Waals surface area (Å²) in [6, 6.07) is 3.92. The first-order valence-corrected chi connectivity index (χ1v) is 9.02. The van der Waals surface area contributed by atoms with Gasteiger partial charge in [-0.25, -0.2) is 0 Å². The fourth-order valence-corrected chi connectivity index (χ4v) is 3.79. The summed E-state index contributed by atoms with van der Waals surface area (Å²) in [6.45, 7) is 8.90. The van der Waals surface area contributed by atoms with E-state index in [1.54, 1.807) is 7.11 Å². The van der Waals surface area contributed by atoms with Crippen molar-refractivity contribution in [3.63, 3.8) is 0 Å². The predicted molar refractivity (Wildman–Crippen MR) is 97.7 cm³/mol. The molecular formula is C20H31NO3. The van der Waals surface area contributed by atoms with Crippen LogP contribution in [0.2, 0.25) is 0 Å². The minimum absolute atomic E-state index is 0.00790. The van der Waals surface area contributed by atoms with Crippen LogP contribution in [0.3, 0.4) is 0 Å². The standard InChI is InChI=1S/C20H31NO3/c1-6-10-24-20(9-7-8-14(2)13-20)19(22)21-17-11-15(3)18(23-5)16(4)12-17/h11-12,14H,6-10,13H2,1-5H3,(H,21,22)/t14-,20-/m0/s1. The van der Waals surface area contributed by atoms with Crippen molar-refractivity contribution >= 4 is 11.6 Å². The van der Waals surface area contributed by atoms with Gasteiger partial charge >= 0.3 is 0 Å². The second-order valence-corrected chi connectivity index (χ2v) is 7.14. The number of aryl methyl sites for hydroxylation is 2. The number of methoxy groups -OCH3 is 1. The van der Waals surface area contributed by atoms with Gasteiger partial charge in [-0.05, 0) is 68.7 Å². The van der Waals surface area contributed by atoms with Crippen molar-refractivity contribution in [1.82, 2.24) is 0 Å². The first kappa shape index (κ1) is 18.8. The Kier molecular flexibility index (Phi) is 6.27. The molecule has 2 atom stereocenters. The van der Waals surface area contributed by atoms with Crippen LogP contribution in [0, 0.1) is 19.8 Å². The fraction of sp³-hybridized carbons (Fsp3) is 0.650. The Labute approximate surface area is 145 Å². The molecule has 0 bridgehead atoms. The maximum absolute atomic E-state index is 13.1. The molecule has 1 fully saturated rings. The molecule has 0 aliphatic heterocycles. The van der Waals surface area contributed by atoms with E-state index in [2.05, 4.69) is 19.2 Å². The molecule has 1 N–H and O–H groups in total. The van der Waals surface area contributed by atoms with Gasteiger partial charge in [0.15, 0.2) is 0 Å². The highest BCUT2D eigenvalue weighted by Crippen LogP contribution is 2.37. The largest absolute Gasteiger partial charge is 0.496 e. The monoisotopic (exact) mass is 333 g/mol. The zero-order valence-corrected chi connectivity index (χ0v) is 15.7. The minimum atomic E-state index is -0.685.